The molecule has 1 aliphatic heterocycles. The van der Waals surface area contributed by atoms with Crippen LogP contribution in [0.4, 0.5) is 0 Å². The van der Waals surface area contributed by atoms with Gasteiger partial charge in [-0.15, -0.1) is 0 Å². The number of rotatable bonds is 5. The standard InChI is InChI=1S/C22H28ClN/c1-17(14-16-24-15-4-3-5-18(24)2)19-6-8-20(9-7-19)21-10-12-22(23)13-11-21/h6-13,17-18H,3-5,14-16H2,1-2H3. The second kappa shape index (κ2) is 8.18. The van der Waals surface area contributed by atoms with Crippen LogP contribution in [-0.2, 0) is 0 Å². The van der Waals surface area contributed by atoms with E-state index >= 15 is 0 Å². The van der Waals surface area contributed by atoms with Crippen molar-refractivity contribution >= 4 is 11.6 Å². The van der Waals surface area contributed by atoms with Gasteiger partial charge in [0.05, 0.1) is 0 Å². The first-order chi connectivity index (χ1) is 11.6. The minimum atomic E-state index is 0.610. The minimum Gasteiger partial charge on any atom is -0.301 e. The van der Waals surface area contributed by atoms with Crippen molar-refractivity contribution < 1.29 is 0 Å². The zero-order valence-corrected chi connectivity index (χ0v) is 15.6. The summed E-state index contributed by atoms with van der Waals surface area (Å²) in [6.45, 7) is 7.24. The highest BCUT2D eigenvalue weighted by Crippen LogP contribution is 2.26. The van der Waals surface area contributed by atoms with E-state index < -0.39 is 0 Å². The maximum atomic E-state index is 5.97. The van der Waals surface area contributed by atoms with E-state index in [-0.39, 0.29) is 0 Å². The lowest BCUT2D eigenvalue weighted by atomic mass is 9.94. The first-order valence-corrected chi connectivity index (χ1v) is 9.61. The number of hydrogen-bond acceptors (Lipinski definition) is 1. The van der Waals surface area contributed by atoms with Crippen LogP contribution >= 0.6 is 11.6 Å². The average molecular weight is 342 g/mol. The Labute approximate surface area is 151 Å². The Kier molecular flexibility index (Phi) is 5.97. The van der Waals surface area contributed by atoms with Gasteiger partial charge < -0.3 is 4.90 Å². The van der Waals surface area contributed by atoms with Crippen LogP contribution < -0.4 is 0 Å². The van der Waals surface area contributed by atoms with E-state index in [9.17, 15) is 0 Å². The molecule has 0 bridgehead atoms. The Hall–Kier alpha value is -1.31. The van der Waals surface area contributed by atoms with Gasteiger partial charge >= 0.3 is 0 Å². The molecule has 1 nitrogen and oxygen atoms in total. The number of nitrogens with zero attached hydrogens (tertiary/aromatic N) is 1. The van der Waals surface area contributed by atoms with Crippen LogP contribution in [-0.4, -0.2) is 24.0 Å². The molecule has 2 aromatic rings. The summed E-state index contributed by atoms with van der Waals surface area (Å²) in [7, 11) is 0. The fourth-order valence-electron chi connectivity index (χ4n) is 3.66. The fraction of sp³-hybridized carbons (Fsp3) is 0.455. The largest absolute Gasteiger partial charge is 0.301 e. The van der Waals surface area contributed by atoms with Crippen molar-refractivity contribution in [3.05, 3.63) is 59.1 Å². The van der Waals surface area contributed by atoms with Crippen LogP contribution in [0.25, 0.3) is 11.1 Å². The van der Waals surface area contributed by atoms with Gasteiger partial charge in [0.15, 0.2) is 0 Å². The fourth-order valence-corrected chi connectivity index (χ4v) is 3.79. The zero-order chi connectivity index (χ0) is 16.9. The summed E-state index contributed by atoms with van der Waals surface area (Å²) in [4.78, 5) is 2.67. The van der Waals surface area contributed by atoms with Crippen molar-refractivity contribution in [3.8, 4) is 11.1 Å². The highest BCUT2D eigenvalue weighted by molar-refractivity contribution is 6.30. The van der Waals surface area contributed by atoms with Crippen LogP contribution in [0.1, 0.15) is 51.0 Å². The Balaban J connectivity index is 1.59. The summed E-state index contributed by atoms with van der Waals surface area (Å²) in [5.74, 6) is 0.610. The summed E-state index contributed by atoms with van der Waals surface area (Å²) < 4.78 is 0. The van der Waals surface area contributed by atoms with Gasteiger partial charge in [0, 0.05) is 11.1 Å². The Morgan fingerprint density at radius 2 is 1.62 bits per heavy atom. The van der Waals surface area contributed by atoms with E-state index in [1.165, 1.54) is 55.5 Å². The zero-order valence-electron chi connectivity index (χ0n) is 14.8. The molecule has 128 valence electrons. The number of likely N-dealkylation sites (tertiary alicyclic amines) is 1. The molecule has 1 heterocycles. The van der Waals surface area contributed by atoms with Crippen LogP contribution in [0.15, 0.2) is 48.5 Å². The molecule has 0 aromatic heterocycles. The number of hydrogen-bond donors (Lipinski definition) is 0. The third-order valence-electron chi connectivity index (χ3n) is 5.45. The van der Waals surface area contributed by atoms with Crippen LogP contribution in [0, 0.1) is 0 Å². The molecule has 2 heteroatoms. The van der Waals surface area contributed by atoms with E-state index in [0.29, 0.717) is 5.92 Å². The molecule has 1 aliphatic rings. The molecule has 3 rings (SSSR count). The van der Waals surface area contributed by atoms with Gasteiger partial charge in [0.1, 0.15) is 0 Å². The second-order valence-electron chi connectivity index (χ2n) is 7.20. The van der Waals surface area contributed by atoms with Gasteiger partial charge in [0.2, 0.25) is 0 Å². The highest BCUT2D eigenvalue weighted by Gasteiger charge is 2.18. The predicted molar refractivity (Wildman–Crippen MR) is 105 cm³/mol. The van der Waals surface area contributed by atoms with Crippen molar-refractivity contribution in [1.82, 2.24) is 4.90 Å². The van der Waals surface area contributed by atoms with E-state index in [2.05, 4.69) is 55.1 Å². The van der Waals surface area contributed by atoms with Crippen molar-refractivity contribution in [2.45, 2.75) is 51.5 Å². The predicted octanol–water partition coefficient (Wildman–Crippen LogP) is 6.38. The Morgan fingerprint density at radius 1 is 1.00 bits per heavy atom. The molecule has 2 unspecified atom stereocenters. The molecule has 1 fully saturated rings. The third-order valence-corrected chi connectivity index (χ3v) is 5.70. The Bertz CT molecular complexity index is 632. The molecular weight excluding hydrogens is 314 g/mol. The summed E-state index contributed by atoms with van der Waals surface area (Å²) in [5, 5.41) is 0.788. The summed E-state index contributed by atoms with van der Waals surface area (Å²) in [6.07, 6.45) is 5.38. The maximum absolute atomic E-state index is 5.97. The Morgan fingerprint density at radius 3 is 2.25 bits per heavy atom. The quantitative estimate of drug-likeness (QED) is 0.610. The molecule has 0 radical (unpaired) electrons. The lowest BCUT2D eigenvalue weighted by molar-refractivity contribution is 0.156. The van der Waals surface area contributed by atoms with Crippen molar-refractivity contribution in [3.63, 3.8) is 0 Å². The van der Waals surface area contributed by atoms with Crippen molar-refractivity contribution in [1.29, 1.82) is 0 Å². The van der Waals surface area contributed by atoms with E-state index in [4.69, 9.17) is 11.6 Å². The average Bonchev–Trinajstić information content (AvgIpc) is 2.62. The molecular formula is C22H28ClN. The molecule has 1 saturated heterocycles. The lowest BCUT2D eigenvalue weighted by Gasteiger charge is -2.34. The smallest absolute Gasteiger partial charge is 0.0406 e. The second-order valence-corrected chi connectivity index (χ2v) is 7.64. The molecule has 2 aromatic carbocycles. The molecule has 0 spiro atoms. The molecule has 0 amide bonds. The molecule has 0 aliphatic carbocycles. The summed E-state index contributed by atoms with van der Waals surface area (Å²) in [6, 6.07) is 17.9. The molecule has 0 saturated carbocycles. The highest BCUT2D eigenvalue weighted by atomic mass is 35.5. The van der Waals surface area contributed by atoms with Gasteiger partial charge in [-0.1, -0.05) is 61.3 Å². The number of halogens is 1. The van der Waals surface area contributed by atoms with E-state index in [0.717, 1.165) is 11.1 Å². The van der Waals surface area contributed by atoms with Gasteiger partial charge in [0.25, 0.3) is 0 Å². The molecule has 24 heavy (non-hydrogen) atoms. The first kappa shape index (κ1) is 17.5. The monoisotopic (exact) mass is 341 g/mol. The lowest BCUT2D eigenvalue weighted by Crippen LogP contribution is -2.38. The molecule has 0 N–H and O–H groups in total. The van der Waals surface area contributed by atoms with Crippen LogP contribution in [0.5, 0.6) is 0 Å². The van der Waals surface area contributed by atoms with E-state index in [1.54, 1.807) is 0 Å². The number of piperidine rings is 1. The minimum absolute atomic E-state index is 0.610. The van der Waals surface area contributed by atoms with Crippen LogP contribution in [0.2, 0.25) is 5.02 Å². The molecule has 2 atom stereocenters. The van der Waals surface area contributed by atoms with E-state index in [1.807, 2.05) is 12.1 Å². The topological polar surface area (TPSA) is 3.24 Å². The normalized spacial score (nSPS) is 20.0. The number of benzene rings is 2. The summed E-state index contributed by atoms with van der Waals surface area (Å²) >= 11 is 5.97. The maximum Gasteiger partial charge on any atom is 0.0406 e. The third kappa shape index (κ3) is 4.40. The van der Waals surface area contributed by atoms with Gasteiger partial charge in [-0.05, 0) is 74.0 Å². The van der Waals surface area contributed by atoms with Crippen molar-refractivity contribution in [2.24, 2.45) is 0 Å². The van der Waals surface area contributed by atoms with Crippen LogP contribution in [0.3, 0.4) is 0 Å². The van der Waals surface area contributed by atoms with Gasteiger partial charge in [-0.2, -0.15) is 0 Å². The SMILES string of the molecule is CC(CCN1CCCCC1C)c1ccc(-c2ccc(Cl)cc2)cc1. The first-order valence-electron chi connectivity index (χ1n) is 9.23. The van der Waals surface area contributed by atoms with Gasteiger partial charge in [-0.25, -0.2) is 0 Å². The van der Waals surface area contributed by atoms with Crippen molar-refractivity contribution in [2.75, 3.05) is 13.1 Å². The summed E-state index contributed by atoms with van der Waals surface area (Å²) in [5.41, 5.74) is 3.92. The van der Waals surface area contributed by atoms with Gasteiger partial charge in [-0.3, -0.25) is 0 Å².